The molecule has 2 aromatic heterocycles. The Morgan fingerprint density at radius 2 is 1.97 bits per heavy atom. The molecule has 6 nitrogen and oxygen atoms in total. The maximum absolute atomic E-state index is 12.7. The number of pyridine rings is 2. The number of halogens is 3. The zero-order valence-electron chi connectivity index (χ0n) is 15.8. The normalized spacial score (nSPS) is 13.6. The first-order valence-corrected chi connectivity index (χ1v) is 9.23. The van der Waals surface area contributed by atoms with Gasteiger partial charge in [0, 0.05) is 36.9 Å². The van der Waals surface area contributed by atoms with E-state index in [1.165, 1.54) is 12.3 Å². The predicted octanol–water partition coefficient (Wildman–Crippen LogP) is 4.02. The van der Waals surface area contributed by atoms with Gasteiger partial charge in [-0.1, -0.05) is 12.1 Å². The van der Waals surface area contributed by atoms with Crippen molar-refractivity contribution in [2.45, 2.75) is 19.1 Å². The van der Waals surface area contributed by atoms with Gasteiger partial charge in [0.15, 0.2) is 0 Å². The number of fused-ring (bicyclic) bond motifs is 1. The van der Waals surface area contributed by atoms with E-state index in [4.69, 9.17) is 5.73 Å². The van der Waals surface area contributed by atoms with Crippen molar-refractivity contribution in [2.24, 2.45) is 0 Å². The number of nitrogens with two attached hydrogens (primary N) is 1. The lowest BCUT2D eigenvalue weighted by Gasteiger charge is -2.30. The molecular formula is C21H18F3N5O. The van der Waals surface area contributed by atoms with Crippen molar-refractivity contribution in [3.63, 3.8) is 0 Å². The maximum Gasteiger partial charge on any atom is 0.417 e. The molecule has 0 fully saturated rings. The molecule has 0 atom stereocenters. The van der Waals surface area contributed by atoms with Crippen LogP contribution in [0.15, 0.2) is 54.9 Å². The first-order chi connectivity index (χ1) is 14.3. The Labute approximate surface area is 170 Å². The fraction of sp³-hybridized carbons (Fsp3) is 0.190. The van der Waals surface area contributed by atoms with Gasteiger partial charge >= 0.3 is 6.18 Å². The van der Waals surface area contributed by atoms with Gasteiger partial charge in [0.2, 0.25) is 0 Å². The van der Waals surface area contributed by atoms with Crippen molar-refractivity contribution in [1.29, 1.82) is 0 Å². The fourth-order valence-corrected chi connectivity index (χ4v) is 3.40. The summed E-state index contributed by atoms with van der Waals surface area (Å²) < 4.78 is 38.1. The molecule has 30 heavy (non-hydrogen) atoms. The lowest BCUT2D eigenvalue weighted by atomic mass is 9.97. The second-order valence-corrected chi connectivity index (χ2v) is 6.95. The van der Waals surface area contributed by atoms with Gasteiger partial charge in [-0.2, -0.15) is 13.2 Å². The quantitative estimate of drug-likeness (QED) is 0.678. The van der Waals surface area contributed by atoms with Crippen LogP contribution in [0.2, 0.25) is 0 Å². The number of hydrogen-bond acceptors (Lipinski definition) is 5. The molecule has 1 aliphatic heterocycles. The Kier molecular flexibility index (Phi) is 5.03. The molecule has 1 aromatic carbocycles. The number of nitrogen functional groups attached to an aromatic ring is 1. The molecule has 3 heterocycles. The smallest absolute Gasteiger partial charge is 0.399 e. The molecule has 3 N–H and O–H groups in total. The summed E-state index contributed by atoms with van der Waals surface area (Å²) in [4.78, 5) is 22.4. The van der Waals surface area contributed by atoms with Crippen LogP contribution in [0, 0.1) is 0 Å². The molecule has 0 radical (unpaired) electrons. The maximum atomic E-state index is 12.7. The summed E-state index contributed by atoms with van der Waals surface area (Å²) in [5.41, 5.74) is 8.43. The summed E-state index contributed by atoms with van der Waals surface area (Å²) in [5.74, 6) is 0.120. The number of carbonyl (C=O) groups excluding carboxylic acids is 1. The van der Waals surface area contributed by atoms with Crippen LogP contribution in [-0.4, -0.2) is 27.3 Å². The monoisotopic (exact) mass is 413 g/mol. The van der Waals surface area contributed by atoms with E-state index in [1.54, 1.807) is 17.0 Å². The molecule has 0 spiro atoms. The molecule has 9 heteroatoms. The van der Waals surface area contributed by atoms with Gasteiger partial charge in [0.1, 0.15) is 11.5 Å². The van der Waals surface area contributed by atoms with E-state index in [1.807, 2.05) is 18.2 Å². The van der Waals surface area contributed by atoms with Gasteiger partial charge in [0.05, 0.1) is 5.56 Å². The minimum absolute atomic E-state index is 0.198. The summed E-state index contributed by atoms with van der Waals surface area (Å²) in [6, 6.07) is 11.1. The van der Waals surface area contributed by atoms with E-state index in [0.717, 1.165) is 29.1 Å². The zero-order chi connectivity index (χ0) is 21.3. The van der Waals surface area contributed by atoms with E-state index in [9.17, 15) is 18.0 Å². The highest BCUT2D eigenvalue weighted by molar-refractivity contribution is 5.93. The van der Waals surface area contributed by atoms with Crippen LogP contribution in [0.3, 0.4) is 0 Å². The van der Waals surface area contributed by atoms with Crippen LogP contribution in [0.1, 0.15) is 27.2 Å². The summed E-state index contributed by atoms with van der Waals surface area (Å²) in [6.07, 6.45) is -1.53. The van der Waals surface area contributed by atoms with Gasteiger partial charge in [-0.05, 0) is 47.9 Å². The topological polar surface area (TPSA) is 84.1 Å². The number of anilines is 3. The summed E-state index contributed by atoms with van der Waals surface area (Å²) >= 11 is 0. The van der Waals surface area contributed by atoms with Crippen LogP contribution in [0.5, 0.6) is 0 Å². The highest BCUT2D eigenvalue weighted by Gasteiger charge is 2.30. The Hall–Kier alpha value is -3.62. The van der Waals surface area contributed by atoms with Crippen LogP contribution < -0.4 is 11.1 Å². The Morgan fingerprint density at radius 3 is 2.67 bits per heavy atom. The molecule has 0 saturated heterocycles. The summed E-state index contributed by atoms with van der Waals surface area (Å²) in [6.45, 7) is 0.891. The number of rotatable bonds is 3. The molecule has 0 saturated carbocycles. The Balaban J connectivity index is 1.52. The number of hydrogen-bond donors (Lipinski definition) is 2. The molecular weight excluding hydrogens is 395 g/mol. The molecule has 0 aliphatic carbocycles. The SMILES string of the molecule is Nc1ccnc(C(=O)N2CCc3c(cccc3Nc3ccc(C(F)(F)F)cn3)C2)c1. The number of aromatic nitrogens is 2. The van der Waals surface area contributed by atoms with E-state index in [0.29, 0.717) is 36.7 Å². The van der Waals surface area contributed by atoms with Crippen LogP contribution in [0.25, 0.3) is 0 Å². The van der Waals surface area contributed by atoms with Gasteiger partial charge in [-0.15, -0.1) is 0 Å². The third-order valence-corrected chi connectivity index (χ3v) is 4.91. The molecule has 0 bridgehead atoms. The van der Waals surface area contributed by atoms with E-state index in [-0.39, 0.29) is 5.91 Å². The van der Waals surface area contributed by atoms with Crippen molar-refractivity contribution in [2.75, 3.05) is 17.6 Å². The number of carbonyl (C=O) groups is 1. The van der Waals surface area contributed by atoms with Gasteiger partial charge in [0.25, 0.3) is 5.91 Å². The minimum Gasteiger partial charge on any atom is -0.399 e. The van der Waals surface area contributed by atoms with Crippen LogP contribution >= 0.6 is 0 Å². The zero-order valence-corrected chi connectivity index (χ0v) is 15.8. The summed E-state index contributed by atoms with van der Waals surface area (Å²) in [7, 11) is 0. The predicted molar refractivity (Wildman–Crippen MR) is 106 cm³/mol. The van der Waals surface area contributed by atoms with Crippen LogP contribution in [-0.2, 0) is 19.1 Å². The van der Waals surface area contributed by atoms with Crippen molar-refractivity contribution in [3.8, 4) is 0 Å². The highest BCUT2D eigenvalue weighted by atomic mass is 19.4. The molecule has 4 rings (SSSR count). The lowest BCUT2D eigenvalue weighted by molar-refractivity contribution is -0.137. The molecule has 1 aliphatic rings. The average molecular weight is 413 g/mol. The van der Waals surface area contributed by atoms with Gasteiger partial charge in [-0.25, -0.2) is 4.98 Å². The second kappa shape index (κ2) is 7.66. The van der Waals surface area contributed by atoms with E-state index < -0.39 is 11.7 Å². The Morgan fingerprint density at radius 1 is 1.13 bits per heavy atom. The van der Waals surface area contributed by atoms with Crippen molar-refractivity contribution in [3.05, 3.63) is 77.2 Å². The number of amides is 1. The largest absolute Gasteiger partial charge is 0.417 e. The number of alkyl halides is 3. The summed E-state index contributed by atoms with van der Waals surface area (Å²) in [5, 5.41) is 3.08. The highest BCUT2D eigenvalue weighted by Crippen LogP contribution is 2.31. The van der Waals surface area contributed by atoms with Gasteiger partial charge < -0.3 is 16.0 Å². The number of benzene rings is 1. The van der Waals surface area contributed by atoms with Gasteiger partial charge in [-0.3, -0.25) is 9.78 Å². The standard InChI is InChI=1S/C21H18F3N5O/c22-21(23,24)14-4-5-19(27-11-14)28-17-3-1-2-13-12-29(9-7-16(13)17)20(30)18-10-15(25)6-8-26-18/h1-6,8,10-11H,7,9,12H2,(H2,25,26)(H,27,28). The fourth-order valence-electron chi connectivity index (χ4n) is 3.40. The molecule has 154 valence electrons. The van der Waals surface area contributed by atoms with E-state index >= 15 is 0 Å². The number of nitrogens with zero attached hydrogens (tertiary/aromatic N) is 3. The minimum atomic E-state index is -4.42. The molecule has 1 amide bonds. The molecule has 3 aromatic rings. The van der Waals surface area contributed by atoms with Crippen molar-refractivity contribution in [1.82, 2.24) is 14.9 Å². The third kappa shape index (κ3) is 4.05. The first-order valence-electron chi connectivity index (χ1n) is 9.23. The lowest BCUT2D eigenvalue weighted by Crippen LogP contribution is -2.36. The Bertz CT molecular complexity index is 1080. The third-order valence-electron chi connectivity index (χ3n) is 4.91. The number of nitrogens with one attached hydrogen (secondary N) is 1. The second-order valence-electron chi connectivity index (χ2n) is 6.95. The average Bonchev–Trinajstić information content (AvgIpc) is 2.73. The van der Waals surface area contributed by atoms with Crippen molar-refractivity contribution < 1.29 is 18.0 Å². The van der Waals surface area contributed by atoms with Crippen LogP contribution in [0.4, 0.5) is 30.4 Å². The first kappa shape index (κ1) is 19.7. The van der Waals surface area contributed by atoms with Crippen molar-refractivity contribution >= 4 is 23.1 Å². The molecule has 0 unspecified atom stereocenters. The van der Waals surface area contributed by atoms with E-state index in [2.05, 4.69) is 15.3 Å².